The van der Waals surface area contributed by atoms with Crippen LogP contribution in [0.25, 0.3) is 0 Å². The lowest BCUT2D eigenvalue weighted by atomic mass is 9.94. The highest BCUT2D eigenvalue weighted by molar-refractivity contribution is 5.95. The Morgan fingerprint density at radius 1 is 0.976 bits per heavy atom. The summed E-state index contributed by atoms with van der Waals surface area (Å²) in [5, 5.41) is 0. The molecule has 0 bridgehead atoms. The largest absolute Gasteiger partial charge is 0.497 e. The average Bonchev–Trinajstić information content (AvgIpc) is 3.32. The smallest absolute Gasteiger partial charge is 0.303 e. The molecule has 2 aliphatic heterocycles. The van der Waals surface area contributed by atoms with E-state index in [1.165, 1.54) is 13.0 Å². The zero-order chi connectivity index (χ0) is 29.2. The summed E-state index contributed by atoms with van der Waals surface area (Å²) in [6, 6.07) is 17.3. The summed E-state index contributed by atoms with van der Waals surface area (Å²) in [6.07, 6.45) is 2.47. The van der Waals surface area contributed by atoms with Gasteiger partial charge in [0.15, 0.2) is 18.0 Å². The zero-order valence-corrected chi connectivity index (χ0v) is 23.6. The lowest BCUT2D eigenvalue weighted by molar-refractivity contribution is -0.185. The van der Waals surface area contributed by atoms with Crippen molar-refractivity contribution in [3.63, 3.8) is 0 Å². The lowest BCUT2D eigenvalue weighted by Crippen LogP contribution is -2.53. The topological polar surface area (TPSA) is 89.5 Å². The van der Waals surface area contributed by atoms with Crippen molar-refractivity contribution >= 4 is 11.8 Å². The van der Waals surface area contributed by atoms with Crippen molar-refractivity contribution in [3.05, 3.63) is 104 Å². The van der Waals surface area contributed by atoms with Crippen LogP contribution >= 0.6 is 0 Å². The average molecular weight is 563 g/mol. The minimum Gasteiger partial charge on any atom is -0.497 e. The van der Waals surface area contributed by atoms with Crippen LogP contribution in [-0.2, 0) is 46.5 Å². The minimum absolute atomic E-state index is 0.228. The van der Waals surface area contributed by atoms with Gasteiger partial charge in [-0.05, 0) is 55.5 Å². The first-order chi connectivity index (χ1) is 19.9. The highest BCUT2D eigenvalue weighted by atomic mass is 16.6. The molecule has 0 saturated carbocycles. The Morgan fingerprint density at radius 3 is 2.29 bits per heavy atom. The summed E-state index contributed by atoms with van der Waals surface area (Å²) in [6.45, 7) is 9.50. The van der Waals surface area contributed by atoms with E-state index >= 15 is 0 Å². The van der Waals surface area contributed by atoms with Crippen molar-refractivity contribution in [1.29, 1.82) is 0 Å². The molecule has 0 aromatic heterocycles. The highest BCUT2D eigenvalue weighted by Crippen LogP contribution is 2.36. The Kier molecular flexibility index (Phi) is 11.3. The van der Waals surface area contributed by atoms with Crippen LogP contribution < -0.4 is 4.74 Å². The fourth-order valence-corrected chi connectivity index (χ4v) is 5.07. The number of carbonyl (C=O) groups is 2. The van der Waals surface area contributed by atoms with Gasteiger partial charge in [-0.1, -0.05) is 54.6 Å². The normalized spacial score (nSPS) is 26.5. The molecule has 0 aliphatic carbocycles. The first-order valence-electron chi connectivity index (χ1n) is 13.8. The molecule has 0 spiro atoms. The summed E-state index contributed by atoms with van der Waals surface area (Å²) < 4.78 is 36.6. The summed E-state index contributed by atoms with van der Waals surface area (Å²) >= 11 is 0. The second-order valence-electron chi connectivity index (χ2n) is 10.0. The predicted octanol–water partition coefficient (Wildman–Crippen LogP) is 4.76. The van der Waals surface area contributed by atoms with Crippen LogP contribution in [0.15, 0.2) is 79.4 Å². The predicted molar refractivity (Wildman–Crippen MR) is 153 cm³/mol. The van der Waals surface area contributed by atoms with Crippen molar-refractivity contribution in [2.45, 2.75) is 75.7 Å². The summed E-state index contributed by atoms with van der Waals surface area (Å²) in [7, 11) is 1.61. The van der Waals surface area contributed by atoms with Crippen LogP contribution in [0.5, 0.6) is 5.75 Å². The molecule has 8 heteroatoms. The summed E-state index contributed by atoms with van der Waals surface area (Å²) in [5.74, 6) is -0.147. The second-order valence-corrected chi connectivity index (χ2v) is 10.0. The van der Waals surface area contributed by atoms with Crippen LogP contribution in [0.3, 0.4) is 0 Å². The number of carbonyl (C=O) groups excluding carboxylic acids is 2. The van der Waals surface area contributed by atoms with E-state index in [1.54, 1.807) is 25.7 Å². The van der Waals surface area contributed by atoms with Gasteiger partial charge in [-0.2, -0.15) is 0 Å². The Morgan fingerprint density at radius 2 is 1.66 bits per heavy atom. The molecule has 7 atom stereocenters. The standard InChI is InChI=1S/C33H38O8/c1-5-10-26-18-19-27(35)29(40-26)32(39-22(3)34)33-31(38-21-24-14-16-25(36-4)17-15-24)30(28(41-33)11-6-2)37-20-23-12-8-7-9-13-23/h5-9,12-19,26,28-33H,1-2,10-11,20-21H2,3-4H3/t26?,28-,29+,30+,31-,32-,33-/m1/s1. The van der Waals surface area contributed by atoms with Gasteiger partial charge in [0, 0.05) is 6.92 Å². The molecule has 2 aliphatic rings. The quantitative estimate of drug-likeness (QED) is 0.241. The maximum absolute atomic E-state index is 13.1. The van der Waals surface area contributed by atoms with E-state index in [-0.39, 0.29) is 18.5 Å². The van der Waals surface area contributed by atoms with Gasteiger partial charge in [0.2, 0.25) is 0 Å². The van der Waals surface area contributed by atoms with E-state index in [0.717, 1.165) is 16.9 Å². The molecule has 0 N–H and O–H groups in total. The van der Waals surface area contributed by atoms with Crippen LogP contribution in [0.1, 0.15) is 30.9 Å². The first-order valence-corrected chi connectivity index (χ1v) is 13.8. The van der Waals surface area contributed by atoms with Gasteiger partial charge in [0.1, 0.15) is 24.1 Å². The Bertz CT molecular complexity index is 1160. The molecular formula is C33H38O8. The Labute approximate surface area is 242 Å². The van der Waals surface area contributed by atoms with Gasteiger partial charge in [-0.15, -0.1) is 6.58 Å². The number of methoxy groups -OCH3 is 1. The monoisotopic (exact) mass is 562 g/mol. The molecule has 2 radical (unpaired) electrons. The van der Waals surface area contributed by atoms with Gasteiger partial charge in [-0.3, -0.25) is 9.59 Å². The number of hydrogen-bond acceptors (Lipinski definition) is 8. The number of ether oxygens (including phenoxy) is 6. The van der Waals surface area contributed by atoms with Crippen LogP contribution in [-0.4, -0.2) is 61.6 Å². The highest BCUT2D eigenvalue weighted by Gasteiger charge is 2.53. The molecule has 4 rings (SSSR count). The number of rotatable bonds is 14. The molecule has 1 fully saturated rings. The van der Waals surface area contributed by atoms with Crippen molar-refractivity contribution < 1.29 is 38.0 Å². The molecule has 8 nitrogen and oxygen atoms in total. The number of ketones is 1. The Balaban J connectivity index is 1.65. The van der Waals surface area contributed by atoms with Gasteiger partial charge < -0.3 is 28.4 Å². The van der Waals surface area contributed by atoms with E-state index < -0.39 is 42.6 Å². The third kappa shape index (κ3) is 8.14. The fourth-order valence-electron chi connectivity index (χ4n) is 5.07. The van der Waals surface area contributed by atoms with Gasteiger partial charge >= 0.3 is 5.97 Å². The molecule has 0 amide bonds. The van der Waals surface area contributed by atoms with Gasteiger partial charge in [0.05, 0.1) is 32.5 Å². The van der Waals surface area contributed by atoms with Crippen molar-refractivity contribution in [2.75, 3.05) is 7.11 Å². The SMILES string of the molecule is [CH2][CH]C[C@H]1O[C@@H]([C@H](OC(C)=O)[C@H]2OC(CC=C)C=CC2=O)[C@H](OCc2ccc(OC)cc2)[C@H]1OCc1ccccc1. The second kappa shape index (κ2) is 15.1. The van der Waals surface area contributed by atoms with Crippen LogP contribution in [0.4, 0.5) is 0 Å². The zero-order valence-electron chi connectivity index (χ0n) is 23.6. The molecule has 1 unspecified atom stereocenters. The van der Waals surface area contributed by atoms with E-state index in [2.05, 4.69) is 13.5 Å². The minimum atomic E-state index is -1.08. The summed E-state index contributed by atoms with van der Waals surface area (Å²) in [4.78, 5) is 25.4. The molecule has 2 heterocycles. The summed E-state index contributed by atoms with van der Waals surface area (Å²) in [5.41, 5.74) is 1.89. The van der Waals surface area contributed by atoms with E-state index in [0.29, 0.717) is 19.4 Å². The molecule has 41 heavy (non-hydrogen) atoms. The lowest BCUT2D eigenvalue weighted by Gasteiger charge is -2.35. The van der Waals surface area contributed by atoms with Crippen LogP contribution in [0, 0.1) is 13.3 Å². The van der Waals surface area contributed by atoms with E-state index in [1.807, 2.05) is 54.6 Å². The number of hydrogen-bond donors (Lipinski definition) is 0. The number of benzene rings is 2. The van der Waals surface area contributed by atoms with Crippen molar-refractivity contribution in [1.82, 2.24) is 0 Å². The first kappa shape index (κ1) is 30.7. The number of esters is 1. The third-order valence-electron chi connectivity index (χ3n) is 7.03. The van der Waals surface area contributed by atoms with Crippen LogP contribution in [0.2, 0.25) is 0 Å². The molecular weight excluding hydrogens is 524 g/mol. The maximum Gasteiger partial charge on any atom is 0.303 e. The maximum atomic E-state index is 13.1. The van der Waals surface area contributed by atoms with E-state index in [9.17, 15) is 9.59 Å². The molecule has 1 saturated heterocycles. The molecule has 218 valence electrons. The van der Waals surface area contributed by atoms with Crippen molar-refractivity contribution in [3.8, 4) is 5.75 Å². The fraction of sp³-hybridized carbons (Fsp3) is 0.394. The van der Waals surface area contributed by atoms with E-state index in [4.69, 9.17) is 28.4 Å². The van der Waals surface area contributed by atoms with Gasteiger partial charge in [0.25, 0.3) is 0 Å². The van der Waals surface area contributed by atoms with Gasteiger partial charge in [-0.25, -0.2) is 0 Å². The van der Waals surface area contributed by atoms with Crippen molar-refractivity contribution in [2.24, 2.45) is 0 Å². The molecule has 2 aromatic carbocycles. The third-order valence-corrected chi connectivity index (χ3v) is 7.03. The molecule has 2 aromatic rings. The Hall–Kier alpha value is -3.30.